The molecule has 0 aliphatic carbocycles. The minimum atomic E-state index is 0.119. The van der Waals surface area contributed by atoms with Crippen LogP contribution in [0.15, 0.2) is 203 Å². The third-order valence-electron chi connectivity index (χ3n) is 12.3. The Morgan fingerprint density at radius 2 is 1.02 bits per heavy atom. The Kier molecular flexibility index (Phi) is 7.04. The minimum Gasteiger partial charge on any atom is -0.458 e. The highest BCUT2D eigenvalue weighted by Crippen LogP contribution is 2.48. The Labute approximate surface area is 345 Å². The second-order valence-corrected chi connectivity index (χ2v) is 16.7. The van der Waals surface area contributed by atoms with Crippen molar-refractivity contribution in [3.8, 4) is 61.7 Å². The number of fused-ring (bicyclic) bond motifs is 10. The smallest absolute Gasteiger partial charge is 0.289 e. The van der Waals surface area contributed by atoms with Crippen molar-refractivity contribution in [3.63, 3.8) is 0 Å². The lowest BCUT2D eigenvalue weighted by atomic mass is 9.57. The largest absolute Gasteiger partial charge is 0.458 e. The molecule has 0 saturated heterocycles. The first kappa shape index (κ1) is 32.8. The summed E-state index contributed by atoms with van der Waals surface area (Å²) < 4.78 is 15.5. The highest BCUT2D eigenvalue weighted by Gasteiger charge is 2.39. The molecule has 0 unspecified atom stereocenters. The van der Waals surface area contributed by atoms with Gasteiger partial charge in [-0.15, -0.1) is 0 Å². The summed E-state index contributed by atoms with van der Waals surface area (Å²) in [6.07, 6.45) is 0. The number of furan rings is 1. The third-order valence-corrected chi connectivity index (χ3v) is 13.6. The Hall–Kier alpha value is -7.21. The van der Waals surface area contributed by atoms with Gasteiger partial charge in [0.05, 0.1) is 16.7 Å². The molecule has 2 aliphatic rings. The molecule has 0 radical (unpaired) electrons. The quantitative estimate of drug-likeness (QED) is 0.167. The van der Waals surface area contributed by atoms with E-state index in [0.717, 1.165) is 55.8 Å². The standard InChI is InChI=1S/C54H32BNO2S/c1-2-14-37(36(13-1)33-25-27-50-42(29-33)41-18-6-11-23-49(41)57-50)34-26-28-53-43(30-34)44-31-35(32-52-54(44)55(59-53)45-19-7-12-24-51(45)58-52)38-15-3-8-20-46(38)56-47-21-9-4-16-39(47)40-17-5-10-22-48(40)56/h1-32H. The van der Waals surface area contributed by atoms with Crippen molar-refractivity contribution in [3.05, 3.63) is 194 Å². The lowest BCUT2D eigenvalue weighted by molar-refractivity contribution is 0.488. The number of nitrogens with zero attached hydrogens (tertiary/aromatic N) is 1. The number of rotatable bonds is 4. The Morgan fingerprint density at radius 1 is 0.407 bits per heavy atom. The summed E-state index contributed by atoms with van der Waals surface area (Å²) in [7, 11) is 0. The van der Waals surface area contributed by atoms with Crippen LogP contribution in [0.3, 0.4) is 0 Å². The molecule has 4 heterocycles. The van der Waals surface area contributed by atoms with Gasteiger partial charge >= 0.3 is 0 Å². The van der Waals surface area contributed by atoms with Crippen LogP contribution < -0.4 is 15.7 Å². The Bertz CT molecular complexity index is 3490. The van der Waals surface area contributed by atoms with Crippen molar-refractivity contribution >= 4 is 72.3 Å². The Morgan fingerprint density at radius 3 is 1.83 bits per heavy atom. The van der Waals surface area contributed by atoms with Gasteiger partial charge in [0.25, 0.3) is 5.99 Å². The van der Waals surface area contributed by atoms with E-state index in [2.05, 4.69) is 187 Å². The minimum absolute atomic E-state index is 0.119. The molecule has 0 atom stereocenters. The summed E-state index contributed by atoms with van der Waals surface area (Å²) in [6, 6.07) is 70.2. The van der Waals surface area contributed by atoms with Crippen LogP contribution in [-0.2, 0) is 0 Å². The van der Waals surface area contributed by atoms with Gasteiger partial charge in [-0.2, -0.15) is 11.6 Å². The Balaban J connectivity index is 1.01. The van der Waals surface area contributed by atoms with Gasteiger partial charge in [-0.1, -0.05) is 127 Å². The van der Waals surface area contributed by atoms with Crippen molar-refractivity contribution in [2.45, 2.75) is 4.90 Å². The zero-order valence-electron chi connectivity index (χ0n) is 31.7. The van der Waals surface area contributed by atoms with Crippen molar-refractivity contribution < 1.29 is 9.15 Å². The van der Waals surface area contributed by atoms with E-state index in [-0.39, 0.29) is 5.99 Å². The maximum absolute atomic E-state index is 6.90. The van der Waals surface area contributed by atoms with Gasteiger partial charge in [0.15, 0.2) is 0 Å². The van der Waals surface area contributed by atoms with Crippen LogP contribution >= 0.6 is 11.6 Å². The van der Waals surface area contributed by atoms with E-state index >= 15 is 0 Å². The molecule has 2 aromatic heterocycles. The summed E-state index contributed by atoms with van der Waals surface area (Å²) in [4.78, 5) is 1.27. The highest BCUT2D eigenvalue weighted by atomic mass is 32.2. The molecule has 274 valence electrons. The molecular weight excluding hydrogens is 737 g/mol. The molecule has 0 N–H and O–H groups in total. The second-order valence-electron chi connectivity index (χ2n) is 15.5. The lowest BCUT2D eigenvalue weighted by Gasteiger charge is -2.33. The number of hydrogen-bond donors (Lipinski definition) is 0. The predicted octanol–water partition coefficient (Wildman–Crippen LogP) is 13.7. The molecule has 9 aromatic carbocycles. The zero-order valence-corrected chi connectivity index (χ0v) is 32.5. The van der Waals surface area contributed by atoms with Gasteiger partial charge in [0.1, 0.15) is 22.7 Å². The molecule has 2 aliphatic heterocycles. The van der Waals surface area contributed by atoms with Crippen molar-refractivity contribution in [1.82, 2.24) is 4.57 Å². The number of benzene rings is 9. The normalized spacial score (nSPS) is 12.8. The van der Waals surface area contributed by atoms with Gasteiger partial charge < -0.3 is 13.7 Å². The first-order chi connectivity index (χ1) is 29.2. The molecule has 0 amide bonds. The SMILES string of the molecule is c1ccc2c(c1)Oc1cc(-c3ccccc3-n3c4ccccc4c4ccccc43)cc3c1B2Sc1ccc(-c2ccccc2-c2ccc4oc5ccccc5c4c2)cc1-3. The summed E-state index contributed by atoms with van der Waals surface area (Å²) in [6.45, 7) is 0. The average Bonchev–Trinajstić information content (AvgIpc) is 3.84. The van der Waals surface area contributed by atoms with Gasteiger partial charge in [-0.3, -0.25) is 0 Å². The maximum atomic E-state index is 6.90. The van der Waals surface area contributed by atoms with Crippen molar-refractivity contribution in [2.24, 2.45) is 0 Å². The van der Waals surface area contributed by atoms with Crippen LogP contribution in [0.2, 0.25) is 0 Å². The van der Waals surface area contributed by atoms with Gasteiger partial charge in [0, 0.05) is 32.0 Å². The van der Waals surface area contributed by atoms with E-state index < -0.39 is 0 Å². The molecule has 3 nitrogen and oxygen atoms in total. The van der Waals surface area contributed by atoms with E-state index in [9.17, 15) is 0 Å². The average molecular weight is 770 g/mol. The van der Waals surface area contributed by atoms with E-state index in [4.69, 9.17) is 9.15 Å². The van der Waals surface area contributed by atoms with Crippen LogP contribution in [0, 0.1) is 0 Å². The van der Waals surface area contributed by atoms with E-state index in [1.165, 1.54) is 65.4 Å². The van der Waals surface area contributed by atoms with Gasteiger partial charge in [0.2, 0.25) is 0 Å². The van der Waals surface area contributed by atoms with Gasteiger partial charge in [-0.05, 0) is 117 Å². The number of hydrogen-bond acceptors (Lipinski definition) is 3. The van der Waals surface area contributed by atoms with Crippen LogP contribution in [0.1, 0.15) is 0 Å². The number of para-hydroxylation sites is 5. The number of aromatic nitrogens is 1. The van der Waals surface area contributed by atoms with E-state index in [1.807, 2.05) is 23.7 Å². The fraction of sp³-hybridized carbons (Fsp3) is 0. The summed E-state index contributed by atoms with van der Waals surface area (Å²) in [5.41, 5.74) is 17.2. The van der Waals surface area contributed by atoms with Crippen LogP contribution in [0.5, 0.6) is 11.5 Å². The molecule has 13 rings (SSSR count). The fourth-order valence-corrected chi connectivity index (χ4v) is 11.0. The molecule has 5 heteroatoms. The highest BCUT2D eigenvalue weighted by molar-refractivity contribution is 8.28. The lowest BCUT2D eigenvalue weighted by Crippen LogP contribution is -2.46. The predicted molar refractivity (Wildman–Crippen MR) is 247 cm³/mol. The molecule has 0 saturated carbocycles. The third kappa shape index (κ3) is 4.92. The molecule has 11 aromatic rings. The van der Waals surface area contributed by atoms with Crippen LogP contribution in [-0.4, -0.2) is 10.6 Å². The molecule has 0 spiro atoms. The van der Waals surface area contributed by atoms with Crippen LogP contribution in [0.4, 0.5) is 0 Å². The second kappa shape index (κ2) is 12.6. The van der Waals surface area contributed by atoms with Crippen LogP contribution in [0.25, 0.3) is 93.9 Å². The fourth-order valence-electron chi connectivity index (χ4n) is 9.66. The zero-order chi connectivity index (χ0) is 38.6. The summed E-state index contributed by atoms with van der Waals surface area (Å²) >= 11 is 1.93. The molecule has 59 heavy (non-hydrogen) atoms. The monoisotopic (exact) mass is 769 g/mol. The summed E-state index contributed by atoms with van der Waals surface area (Å²) in [5.74, 6) is 1.96. The van der Waals surface area contributed by atoms with Crippen molar-refractivity contribution in [2.75, 3.05) is 0 Å². The number of ether oxygens (including phenoxy) is 1. The molecular formula is C54H32BNO2S. The topological polar surface area (TPSA) is 27.3 Å². The van der Waals surface area contributed by atoms with E-state index in [1.54, 1.807) is 0 Å². The van der Waals surface area contributed by atoms with Gasteiger partial charge in [-0.25, -0.2) is 0 Å². The first-order valence-electron chi connectivity index (χ1n) is 20.1. The maximum Gasteiger partial charge on any atom is 0.289 e. The summed E-state index contributed by atoms with van der Waals surface area (Å²) in [5, 5.41) is 4.76. The first-order valence-corrected chi connectivity index (χ1v) is 21.0. The van der Waals surface area contributed by atoms with Crippen molar-refractivity contribution in [1.29, 1.82) is 0 Å². The molecule has 0 bridgehead atoms. The van der Waals surface area contributed by atoms with E-state index in [0.29, 0.717) is 0 Å². The molecule has 0 fully saturated rings.